The Morgan fingerprint density at radius 2 is 1.48 bits per heavy atom. The van der Waals surface area contributed by atoms with E-state index in [-0.39, 0.29) is 45.5 Å². The zero-order valence-corrected chi connectivity index (χ0v) is 28.4. The van der Waals surface area contributed by atoms with Gasteiger partial charge in [-0.25, -0.2) is 8.42 Å². The van der Waals surface area contributed by atoms with E-state index in [9.17, 15) is 18.0 Å². The number of halogens is 2. The predicted molar refractivity (Wildman–Crippen MR) is 183 cm³/mol. The second kappa shape index (κ2) is 15.5. The average molecular weight is 683 g/mol. The van der Waals surface area contributed by atoms with Gasteiger partial charge in [0.05, 0.1) is 17.7 Å². The van der Waals surface area contributed by atoms with Gasteiger partial charge in [-0.3, -0.25) is 13.9 Å². The van der Waals surface area contributed by atoms with E-state index in [0.717, 1.165) is 15.4 Å². The van der Waals surface area contributed by atoms with Crippen molar-refractivity contribution >= 4 is 50.7 Å². The van der Waals surface area contributed by atoms with Crippen LogP contribution < -0.4 is 14.4 Å². The molecule has 0 aliphatic rings. The highest BCUT2D eigenvalue weighted by Crippen LogP contribution is 2.30. The Morgan fingerprint density at radius 1 is 0.848 bits per heavy atom. The number of nitrogens with zero attached hydrogens (tertiary/aromatic N) is 2. The average Bonchev–Trinajstić information content (AvgIpc) is 3.01. The van der Waals surface area contributed by atoms with Crippen molar-refractivity contribution in [2.75, 3.05) is 18.0 Å². The van der Waals surface area contributed by atoms with E-state index in [2.05, 4.69) is 5.32 Å². The minimum Gasteiger partial charge on any atom is -0.497 e. The fourth-order valence-electron chi connectivity index (χ4n) is 4.95. The summed E-state index contributed by atoms with van der Waals surface area (Å²) in [7, 11) is -2.75. The van der Waals surface area contributed by atoms with Crippen molar-refractivity contribution in [2.24, 2.45) is 0 Å². The number of anilines is 1. The first-order valence-electron chi connectivity index (χ1n) is 14.7. The maximum absolute atomic E-state index is 14.6. The van der Waals surface area contributed by atoms with E-state index in [1.165, 1.54) is 35.2 Å². The number of ether oxygens (including phenoxy) is 1. The number of rotatable bonds is 13. The first-order valence-corrected chi connectivity index (χ1v) is 16.9. The first-order chi connectivity index (χ1) is 21.9. The van der Waals surface area contributed by atoms with E-state index in [1.807, 2.05) is 57.2 Å². The Morgan fingerprint density at radius 3 is 2.09 bits per heavy atom. The van der Waals surface area contributed by atoms with Gasteiger partial charge in [-0.15, -0.1) is 0 Å². The molecular weight excluding hydrogens is 645 g/mol. The minimum atomic E-state index is -4.29. The largest absolute Gasteiger partial charge is 0.497 e. The van der Waals surface area contributed by atoms with Gasteiger partial charge in [0.25, 0.3) is 10.0 Å². The summed E-state index contributed by atoms with van der Waals surface area (Å²) < 4.78 is 34.7. The lowest BCUT2D eigenvalue weighted by molar-refractivity contribution is -0.140. The fraction of sp³-hybridized carbons (Fsp3) is 0.257. The summed E-state index contributed by atoms with van der Waals surface area (Å²) in [6, 6.07) is 26.0. The molecule has 0 heterocycles. The molecule has 0 saturated carbocycles. The SMILES string of the molecule is COc1cccc(CN(C(=O)CN(c2cc(Cl)cc(Cl)c2)S(=O)(=O)c2ccc(C)cc2)[C@H](Cc2ccccc2)C(=O)NC(C)C)c1. The highest BCUT2D eigenvalue weighted by atomic mass is 35.5. The molecule has 0 fully saturated rings. The van der Waals surface area contributed by atoms with Crippen LogP contribution in [0.4, 0.5) is 5.69 Å². The van der Waals surface area contributed by atoms with Crippen LogP contribution in [-0.2, 0) is 32.6 Å². The van der Waals surface area contributed by atoms with Crippen LogP contribution in [0, 0.1) is 6.92 Å². The van der Waals surface area contributed by atoms with E-state index in [4.69, 9.17) is 27.9 Å². The van der Waals surface area contributed by atoms with Crippen molar-refractivity contribution in [1.82, 2.24) is 10.2 Å². The second-order valence-corrected chi connectivity index (χ2v) is 13.9. The number of hydrogen-bond acceptors (Lipinski definition) is 5. The molecule has 0 unspecified atom stereocenters. The summed E-state index contributed by atoms with van der Waals surface area (Å²) >= 11 is 12.6. The normalized spacial score (nSPS) is 12.0. The van der Waals surface area contributed by atoms with E-state index < -0.39 is 28.5 Å². The minimum absolute atomic E-state index is 0.00771. The third-order valence-corrected chi connectivity index (χ3v) is 9.44. The molecule has 242 valence electrons. The second-order valence-electron chi connectivity index (χ2n) is 11.2. The third kappa shape index (κ3) is 9.02. The molecule has 0 aliphatic carbocycles. The number of amides is 2. The van der Waals surface area contributed by atoms with Gasteiger partial charge in [-0.2, -0.15) is 0 Å². The lowest BCUT2D eigenvalue weighted by atomic mass is 10.0. The number of nitrogens with one attached hydrogen (secondary N) is 1. The number of hydrogen-bond donors (Lipinski definition) is 1. The van der Waals surface area contributed by atoms with Crippen LogP contribution in [0.25, 0.3) is 0 Å². The molecular formula is C35H37Cl2N3O5S. The van der Waals surface area contributed by atoms with E-state index in [0.29, 0.717) is 11.3 Å². The first kappa shape index (κ1) is 34.8. The molecule has 0 bridgehead atoms. The van der Waals surface area contributed by atoms with Gasteiger partial charge in [-0.05, 0) is 74.4 Å². The summed E-state index contributed by atoms with van der Waals surface area (Å²) in [5.74, 6) is -0.392. The zero-order chi connectivity index (χ0) is 33.4. The summed E-state index contributed by atoms with van der Waals surface area (Å²) in [5, 5.41) is 3.34. The Labute approximate surface area is 280 Å². The maximum atomic E-state index is 14.6. The molecule has 0 aliphatic heterocycles. The van der Waals surface area contributed by atoms with Crippen LogP contribution in [-0.4, -0.2) is 50.9 Å². The van der Waals surface area contributed by atoms with Crippen LogP contribution in [0.15, 0.2) is 102 Å². The Kier molecular flexibility index (Phi) is 11.7. The third-order valence-electron chi connectivity index (χ3n) is 7.21. The Hall–Kier alpha value is -4.05. The molecule has 0 saturated heterocycles. The van der Waals surface area contributed by atoms with Crippen LogP contribution in [0.1, 0.15) is 30.5 Å². The molecule has 8 nitrogen and oxygen atoms in total. The van der Waals surface area contributed by atoms with Crippen LogP contribution >= 0.6 is 23.2 Å². The van der Waals surface area contributed by atoms with Crippen molar-refractivity contribution in [3.05, 3.63) is 124 Å². The monoisotopic (exact) mass is 681 g/mol. The maximum Gasteiger partial charge on any atom is 0.264 e. The van der Waals surface area contributed by atoms with Gasteiger partial charge in [0.1, 0.15) is 18.3 Å². The van der Waals surface area contributed by atoms with E-state index in [1.54, 1.807) is 37.4 Å². The fourth-order valence-corrected chi connectivity index (χ4v) is 6.86. The van der Waals surface area contributed by atoms with Gasteiger partial charge in [-0.1, -0.05) is 83.4 Å². The van der Waals surface area contributed by atoms with Crippen molar-refractivity contribution in [3.8, 4) is 5.75 Å². The van der Waals surface area contributed by atoms with Crippen molar-refractivity contribution < 1.29 is 22.7 Å². The topological polar surface area (TPSA) is 96.0 Å². The summed E-state index contributed by atoms with van der Waals surface area (Å²) in [6.45, 7) is 4.90. The van der Waals surface area contributed by atoms with E-state index >= 15 is 0 Å². The number of sulfonamides is 1. The Bertz CT molecular complexity index is 1750. The van der Waals surface area contributed by atoms with Crippen LogP contribution in [0.5, 0.6) is 5.75 Å². The smallest absolute Gasteiger partial charge is 0.264 e. The Balaban J connectivity index is 1.84. The van der Waals surface area contributed by atoms with Gasteiger partial charge in [0.2, 0.25) is 11.8 Å². The predicted octanol–water partition coefficient (Wildman–Crippen LogP) is 6.67. The quantitative estimate of drug-likeness (QED) is 0.170. The molecule has 0 aromatic heterocycles. The van der Waals surface area contributed by atoms with Gasteiger partial charge < -0.3 is 15.0 Å². The molecule has 4 aromatic carbocycles. The van der Waals surface area contributed by atoms with Gasteiger partial charge >= 0.3 is 0 Å². The van der Waals surface area contributed by atoms with Gasteiger partial charge in [0.15, 0.2) is 0 Å². The molecule has 0 radical (unpaired) electrons. The van der Waals surface area contributed by atoms with Crippen molar-refractivity contribution in [3.63, 3.8) is 0 Å². The number of carbonyl (C=O) groups is 2. The molecule has 4 aromatic rings. The zero-order valence-electron chi connectivity index (χ0n) is 26.1. The standard InChI is InChI=1S/C35H37Cl2N3O5S/c1-24(2)38-35(42)33(18-26-9-6-5-7-10-26)39(22-27-11-8-12-31(17-27)45-4)34(41)23-40(30-20-28(36)19-29(37)21-30)46(43,44)32-15-13-25(3)14-16-32/h5-17,19-21,24,33H,18,22-23H2,1-4H3,(H,38,42)/t33-/m1/s1. The number of aryl methyl sites for hydroxylation is 1. The van der Waals surface area contributed by atoms with Gasteiger partial charge in [0, 0.05) is 29.1 Å². The highest BCUT2D eigenvalue weighted by Gasteiger charge is 2.35. The molecule has 1 N–H and O–H groups in total. The number of methoxy groups -OCH3 is 1. The lowest BCUT2D eigenvalue weighted by Gasteiger charge is -2.34. The van der Waals surface area contributed by atoms with Crippen LogP contribution in [0.3, 0.4) is 0 Å². The summed E-state index contributed by atoms with van der Waals surface area (Å²) in [5.41, 5.74) is 2.51. The number of carbonyl (C=O) groups excluding carboxylic acids is 2. The molecule has 1 atom stereocenters. The number of benzene rings is 4. The summed E-state index contributed by atoms with van der Waals surface area (Å²) in [6.07, 6.45) is 0.197. The van der Waals surface area contributed by atoms with Crippen molar-refractivity contribution in [1.29, 1.82) is 0 Å². The molecule has 2 amide bonds. The molecule has 46 heavy (non-hydrogen) atoms. The highest BCUT2D eigenvalue weighted by molar-refractivity contribution is 7.92. The molecule has 4 rings (SSSR count). The lowest BCUT2D eigenvalue weighted by Crippen LogP contribution is -2.54. The molecule has 0 spiro atoms. The summed E-state index contributed by atoms with van der Waals surface area (Å²) in [4.78, 5) is 29.8. The van der Waals surface area contributed by atoms with Crippen molar-refractivity contribution in [2.45, 2.75) is 50.7 Å². The van der Waals surface area contributed by atoms with Crippen LogP contribution in [0.2, 0.25) is 10.0 Å². The molecule has 11 heteroatoms.